The number of rotatable bonds is 2. The van der Waals surface area contributed by atoms with Crippen LogP contribution in [0.2, 0.25) is 0 Å². The molecule has 0 amide bonds. The van der Waals surface area contributed by atoms with Gasteiger partial charge in [0, 0.05) is 36.0 Å². The minimum atomic E-state index is -0.911. The van der Waals surface area contributed by atoms with Crippen molar-refractivity contribution in [1.29, 1.82) is 0 Å². The molecule has 0 saturated heterocycles. The second-order valence-corrected chi connectivity index (χ2v) is 4.68. The van der Waals surface area contributed by atoms with Gasteiger partial charge in [-0.1, -0.05) is 6.07 Å². The number of anilines is 2. The molecule has 0 spiro atoms. The number of aliphatic carboxylic acids is 1. The summed E-state index contributed by atoms with van der Waals surface area (Å²) < 4.78 is 0. The molecule has 0 radical (unpaired) electrons. The van der Waals surface area contributed by atoms with Gasteiger partial charge in [0.05, 0.1) is 5.57 Å². The molecule has 0 aliphatic carbocycles. The van der Waals surface area contributed by atoms with Crippen LogP contribution in [0.3, 0.4) is 0 Å². The lowest BCUT2D eigenvalue weighted by Crippen LogP contribution is -2.21. The van der Waals surface area contributed by atoms with Gasteiger partial charge in [0.2, 0.25) is 0 Å². The highest BCUT2D eigenvalue weighted by atomic mass is 32.1. The molecule has 6 heteroatoms. The van der Waals surface area contributed by atoms with E-state index in [4.69, 9.17) is 5.11 Å². The van der Waals surface area contributed by atoms with Crippen molar-refractivity contribution in [2.24, 2.45) is 0 Å². The van der Waals surface area contributed by atoms with Crippen molar-refractivity contribution in [3.05, 3.63) is 47.2 Å². The summed E-state index contributed by atoms with van der Waals surface area (Å²) in [5, 5.41) is 11.7. The Morgan fingerprint density at radius 2 is 2.28 bits per heavy atom. The average Bonchev–Trinajstić information content (AvgIpc) is 2.91. The fraction of sp³-hybridized carbons (Fsp3) is 0.0833. The number of carboxylic acid groups (broad SMARTS) is 1. The minimum absolute atomic E-state index is 0.339. The molecule has 0 atom stereocenters. The summed E-state index contributed by atoms with van der Waals surface area (Å²) in [4.78, 5) is 21.4. The van der Waals surface area contributed by atoms with Crippen LogP contribution in [0.5, 0.6) is 0 Å². The van der Waals surface area contributed by atoms with E-state index in [2.05, 4.69) is 9.97 Å². The minimum Gasteiger partial charge on any atom is -0.478 e. The molecule has 18 heavy (non-hydrogen) atoms. The SMILES string of the molecule is O=C(O)C1=CN(c2nccs2)c2ncccc2C1. The highest BCUT2D eigenvalue weighted by Gasteiger charge is 2.24. The van der Waals surface area contributed by atoms with E-state index >= 15 is 0 Å². The Labute approximate surface area is 107 Å². The number of hydrogen-bond donors (Lipinski definition) is 1. The number of pyridine rings is 1. The number of nitrogens with zero attached hydrogens (tertiary/aromatic N) is 3. The molecule has 90 valence electrons. The first kappa shape index (κ1) is 10.9. The molecule has 0 bridgehead atoms. The van der Waals surface area contributed by atoms with Gasteiger partial charge in [-0.3, -0.25) is 4.90 Å². The Morgan fingerprint density at radius 3 is 3.00 bits per heavy atom. The lowest BCUT2D eigenvalue weighted by Gasteiger charge is -2.24. The maximum atomic E-state index is 11.1. The number of aromatic nitrogens is 2. The summed E-state index contributed by atoms with van der Waals surface area (Å²) in [6, 6.07) is 3.70. The van der Waals surface area contributed by atoms with Crippen LogP contribution in [0.25, 0.3) is 0 Å². The monoisotopic (exact) mass is 259 g/mol. The van der Waals surface area contributed by atoms with Gasteiger partial charge >= 0.3 is 5.97 Å². The highest BCUT2D eigenvalue weighted by molar-refractivity contribution is 7.13. The fourth-order valence-corrected chi connectivity index (χ4v) is 2.48. The molecule has 2 aromatic heterocycles. The van der Waals surface area contributed by atoms with E-state index in [9.17, 15) is 4.79 Å². The number of thiazole rings is 1. The molecule has 1 N–H and O–H groups in total. The molecule has 1 aliphatic rings. The second kappa shape index (κ2) is 4.23. The standard InChI is InChI=1S/C12H9N3O2S/c16-11(17)9-6-8-2-1-3-13-10(8)15(7-9)12-14-4-5-18-12/h1-5,7H,6H2,(H,16,17). The molecular weight excluding hydrogens is 250 g/mol. The van der Waals surface area contributed by atoms with Crippen molar-refractivity contribution < 1.29 is 9.90 Å². The van der Waals surface area contributed by atoms with Crippen molar-refractivity contribution >= 4 is 28.3 Å². The van der Waals surface area contributed by atoms with Crippen LogP contribution in [0, 0.1) is 0 Å². The quantitative estimate of drug-likeness (QED) is 0.895. The van der Waals surface area contributed by atoms with Gasteiger partial charge in [-0.15, -0.1) is 11.3 Å². The Hall–Kier alpha value is -2.21. The van der Waals surface area contributed by atoms with E-state index in [1.165, 1.54) is 11.3 Å². The fourth-order valence-electron chi connectivity index (χ4n) is 1.86. The zero-order valence-corrected chi connectivity index (χ0v) is 10.1. The van der Waals surface area contributed by atoms with Crippen molar-refractivity contribution in [2.75, 3.05) is 4.90 Å². The van der Waals surface area contributed by atoms with Crippen molar-refractivity contribution in [2.45, 2.75) is 6.42 Å². The molecule has 0 saturated carbocycles. The van der Waals surface area contributed by atoms with Gasteiger partial charge in [0.1, 0.15) is 5.82 Å². The van der Waals surface area contributed by atoms with Gasteiger partial charge in [-0.25, -0.2) is 14.8 Å². The summed E-state index contributed by atoms with van der Waals surface area (Å²) in [6.07, 6.45) is 5.36. The summed E-state index contributed by atoms with van der Waals surface area (Å²) in [5.41, 5.74) is 1.23. The lowest BCUT2D eigenvalue weighted by molar-refractivity contribution is -0.132. The zero-order chi connectivity index (χ0) is 12.5. The van der Waals surface area contributed by atoms with Crippen LogP contribution in [-0.2, 0) is 11.2 Å². The first-order valence-corrected chi connectivity index (χ1v) is 6.20. The Morgan fingerprint density at radius 1 is 1.39 bits per heavy atom. The molecule has 1 aliphatic heterocycles. The molecule has 3 rings (SSSR count). The van der Waals surface area contributed by atoms with Crippen LogP contribution >= 0.6 is 11.3 Å². The topological polar surface area (TPSA) is 66.3 Å². The van der Waals surface area contributed by atoms with Crippen LogP contribution in [0.1, 0.15) is 5.56 Å². The number of carbonyl (C=O) groups is 1. The smallest absolute Gasteiger partial charge is 0.333 e. The van der Waals surface area contributed by atoms with Crippen molar-refractivity contribution in [3.8, 4) is 0 Å². The Kier molecular flexibility index (Phi) is 2.56. The van der Waals surface area contributed by atoms with Crippen LogP contribution < -0.4 is 4.90 Å². The van der Waals surface area contributed by atoms with E-state index in [0.717, 1.165) is 11.4 Å². The normalized spacial score (nSPS) is 14.0. The van der Waals surface area contributed by atoms with Crippen LogP contribution in [0.15, 0.2) is 41.7 Å². The maximum Gasteiger partial charge on any atom is 0.333 e. The van der Waals surface area contributed by atoms with Gasteiger partial charge in [0.15, 0.2) is 5.13 Å². The average molecular weight is 259 g/mol. The Bertz CT molecular complexity index is 622. The van der Waals surface area contributed by atoms with Gasteiger partial charge in [-0.2, -0.15) is 0 Å². The molecular formula is C12H9N3O2S. The van der Waals surface area contributed by atoms with Crippen LogP contribution in [-0.4, -0.2) is 21.0 Å². The summed E-state index contributed by atoms with van der Waals surface area (Å²) in [7, 11) is 0. The first-order valence-electron chi connectivity index (χ1n) is 5.32. The largest absolute Gasteiger partial charge is 0.478 e. The van der Waals surface area contributed by atoms with Gasteiger partial charge < -0.3 is 5.11 Å². The summed E-state index contributed by atoms with van der Waals surface area (Å²) in [5.74, 6) is -0.163. The summed E-state index contributed by atoms with van der Waals surface area (Å²) >= 11 is 1.44. The van der Waals surface area contributed by atoms with E-state index < -0.39 is 5.97 Å². The van der Waals surface area contributed by atoms with E-state index in [1.54, 1.807) is 23.5 Å². The maximum absolute atomic E-state index is 11.1. The predicted molar refractivity (Wildman–Crippen MR) is 67.9 cm³/mol. The van der Waals surface area contributed by atoms with Crippen molar-refractivity contribution in [1.82, 2.24) is 9.97 Å². The molecule has 0 aromatic carbocycles. The van der Waals surface area contributed by atoms with Crippen molar-refractivity contribution in [3.63, 3.8) is 0 Å². The molecule has 5 nitrogen and oxygen atoms in total. The third-order valence-electron chi connectivity index (χ3n) is 2.66. The first-order chi connectivity index (χ1) is 8.75. The van der Waals surface area contributed by atoms with Gasteiger partial charge in [0.25, 0.3) is 0 Å². The van der Waals surface area contributed by atoms with E-state index in [-0.39, 0.29) is 0 Å². The third kappa shape index (κ3) is 1.76. The Balaban J connectivity index is 2.13. The van der Waals surface area contributed by atoms with E-state index in [0.29, 0.717) is 17.1 Å². The molecule has 2 aromatic rings. The summed E-state index contributed by atoms with van der Waals surface area (Å²) in [6.45, 7) is 0. The number of carboxylic acids is 1. The second-order valence-electron chi connectivity index (χ2n) is 3.81. The molecule has 3 heterocycles. The number of fused-ring (bicyclic) bond motifs is 1. The molecule has 0 fully saturated rings. The third-order valence-corrected chi connectivity index (χ3v) is 3.43. The lowest BCUT2D eigenvalue weighted by atomic mass is 10.0. The zero-order valence-electron chi connectivity index (χ0n) is 9.28. The predicted octanol–water partition coefficient (Wildman–Crippen LogP) is 2.20. The van der Waals surface area contributed by atoms with E-state index in [1.807, 2.05) is 17.5 Å². The van der Waals surface area contributed by atoms with Gasteiger partial charge in [-0.05, 0) is 6.07 Å². The number of hydrogen-bond acceptors (Lipinski definition) is 5. The van der Waals surface area contributed by atoms with Crippen LogP contribution in [0.4, 0.5) is 10.9 Å². The molecule has 0 unspecified atom stereocenters. The highest BCUT2D eigenvalue weighted by Crippen LogP contribution is 2.33.